The first-order chi connectivity index (χ1) is 69.2. The molecule has 35 heteroatoms. The number of para-hydroxylation sites is 4. The maximum Gasteiger partial charge on any atom is 0.266 e. The number of piperazine rings is 2. The third-order valence-corrected chi connectivity index (χ3v) is 27.4. The van der Waals surface area contributed by atoms with E-state index in [4.69, 9.17) is 86.3 Å². The van der Waals surface area contributed by atoms with Crippen molar-refractivity contribution < 1.29 is 23.0 Å². The fraction of sp³-hybridized carbons (Fsp3) is 0.352. The van der Waals surface area contributed by atoms with E-state index in [2.05, 4.69) is 76.0 Å². The molecule has 0 aliphatic carbocycles. The molecule has 0 spiro atoms. The van der Waals surface area contributed by atoms with E-state index < -0.39 is 11.6 Å². The number of nitrogen functional groups attached to an aromatic ring is 1. The van der Waals surface area contributed by atoms with E-state index in [0.29, 0.717) is 178 Å². The lowest BCUT2D eigenvalue weighted by molar-refractivity contribution is 0.226. The Morgan fingerprint density at radius 1 is 0.336 bits per heavy atom. The number of aromatic nitrogens is 10. The van der Waals surface area contributed by atoms with Crippen molar-refractivity contribution in [3.05, 3.63) is 323 Å². The number of nitrogens with two attached hydrogens (primary N) is 1. The van der Waals surface area contributed by atoms with Gasteiger partial charge in [-0.1, -0.05) is 101 Å². The number of likely N-dealkylation sites (N-methyl/N-ethyl adjacent to an activating group) is 3. The van der Waals surface area contributed by atoms with Crippen molar-refractivity contribution in [3.8, 4) is 45.7 Å². The average molecular weight is 2020 g/mol. The normalized spacial score (nSPS) is 15.8. The van der Waals surface area contributed by atoms with Gasteiger partial charge in [0.1, 0.15) is 69.4 Å². The Balaban J connectivity index is 0.000000128. The van der Waals surface area contributed by atoms with Crippen LogP contribution in [0.5, 0.6) is 17.2 Å². The minimum atomic E-state index is -0.527. The van der Waals surface area contributed by atoms with Crippen LogP contribution in [0.25, 0.3) is 83.0 Å². The number of halogens is 6. The van der Waals surface area contributed by atoms with Gasteiger partial charge in [0.15, 0.2) is 0 Å². The van der Waals surface area contributed by atoms with E-state index in [1.807, 2.05) is 105 Å². The zero-order chi connectivity index (χ0) is 101. The molecule has 0 saturated carbocycles. The maximum absolute atomic E-state index is 15.0. The lowest BCUT2D eigenvalue weighted by Gasteiger charge is -2.28. The minimum Gasteiger partial charge on any atom is -0.497 e. The number of anilines is 1. The highest BCUT2D eigenvalue weighted by Crippen LogP contribution is 2.34. The molecule has 143 heavy (non-hydrogen) atoms. The molecule has 0 atom stereocenters. The first-order valence-corrected chi connectivity index (χ1v) is 50.0. The van der Waals surface area contributed by atoms with Crippen LogP contribution in [0, 0.1) is 32.4 Å². The fourth-order valence-corrected chi connectivity index (χ4v) is 19.9. The quantitative estimate of drug-likeness (QED) is 0.0634. The molecule has 5 saturated heterocycles. The second-order valence-corrected chi connectivity index (χ2v) is 38.4. The van der Waals surface area contributed by atoms with Crippen LogP contribution in [-0.2, 0) is 32.7 Å². The van der Waals surface area contributed by atoms with Crippen LogP contribution in [0.1, 0.15) is 72.0 Å². The molecule has 5 fully saturated rings. The number of hydrogen-bond donors (Lipinski definition) is 3. The van der Waals surface area contributed by atoms with E-state index in [9.17, 15) is 32.8 Å². The molecule has 5 aliphatic heterocycles. The number of ether oxygens (including phenoxy) is 3. The number of methoxy groups -OCH3 is 2. The van der Waals surface area contributed by atoms with Crippen LogP contribution in [0.2, 0.25) is 20.1 Å². The van der Waals surface area contributed by atoms with Crippen molar-refractivity contribution >= 4 is 107 Å². The number of nitrogens with zero attached hydrogens (tertiary/aromatic N) is 18. The van der Waals surface area contributed by atoms with Crippen molar-refractivity contribution in [3.63, 3.8) is 0 Å². The molecule has 0 amide bonds. The first kappa shape index (κ1) is 104. The van der Waals surface area contributed by atoms with Gasteiger partial charge in [-0.05, 0) is 251 Å². The van der Waals surface area contributed by atoms with Gasteiger partial charge in [0, 0.05) is 109 Å². The number of benzene rings is 10. The second-order valence-electron chi connectivity index (χ2n) is 36.7. The van der Waals surface area contributed by atoms with E-state index in [0.717, 1.165) is 161 Å². The maximum atomic E-state index is 15.0. The van der Waals surface area contributed by atoms with Crippen LogP contribution in [0.15, 0.2) is 218 Å². The number of nitrogens with one attached hydrogen (secondary N) is 2. The van der Waals surface area contributed by atoms with E-state index in [-0.39, 0.29) is 49.2 Å². The molecular weight excluding hydrogens is 1900 g/mol. The molecule has 5 aromatic heterocycles. The number of fused-ring (bicyclic) bond motifs is 5. The Hall–Kier alpha value is -12.3. The summed E-state index contributed by atoms with van der Waals surface area (Å²) in [7, 11) is 9.58. The molecule has 20 rings (SSSR count). The van der Waals surface area contributed by atoms with Gasteiger partial charge < -0.3 is 45.3 Å². The van der Waals surface area contributed by atoms with Crippen molar-refractivity contribution in [2.24, 2.45) is 0 Å². The molecule has 29 nitrogen and oxygen atoms in total. The summed E-state index contributed by atoms with van der Waals surface area (Å²) in [5.41, 5.74) is 13.5. The number of rotatable bonds is 19. The lowest BCUT2D eigenvalue weighted by atomic mass is 10.1. The van der Waals surface area contributed by atoms with Crippen molar-refractivity contribution in [1.82, 2.24) is 97.6 Å². The second kappa shape index (κ2) is 47.9. The summed E-state index contributed by atoms with van der Waals surface area (Å²) < 4.78 is 53.9. The van der Waals surface area contributed by atoms with Gasteiger partial charge in [-0.25, -0.2) is 33.7 Å². The largest absolute Gasteiger partial charge is 0.497 e. The number of hydrogen-bond acceptors (Lipinski definition) is 24. The highest BCUT2D eigenvalue weighted by atomic mass is 35.5. The lowest BCUT2D eigenvalue weighted by Crippen LogP contribution is -2.44. The van der Waals surface area contributed by atoms with Crippen molar-refractivity contribution in [2.75, 3.05) is 179 Å². The topological polar surface area (TPSA) is 278 Å². The van der Waals surface area contributed by atoms with Gasteiger partial charge in [-0.15, -0.1) is 0 Å². The van der Waals surface area contributed by atoms with Crippen LogP contribution in [0.4, 0.5) is 14.5 Å². The molecular formula is C108H121Cl4F2N21O8. The summed E-state index contributed by atoms with van der Waals surface area (Å²) in [5.74, 6) is 4.03. The van der Waals surface area contributed by atoms with Gasteiger partial charge >= 0.3 is 0 Å². The first-order valence-electron chi connectivity index (χ1n) is 48.4. The van der Waals surface area contributed by atoms with Crippen molar-refractivity contribution in [1.29, 1.82) is 0 Å². The fourth-order valence-electron chi connectivity index (χ4n) is 18.7. The standard InChI is InChI=1S/C24H31N5O2.C22H24ClFN4O.C22H25ClN4O2.C20H20ClFN4O.C20H21ClN4O2/c1-4-31-22-14-17(2)6-9-21(22)29-23(16-28-11-5-10-27(3)12-13-28)26-20-15-18(25)7-8-19(20)24(29)30;1-15-12-17(23)21(18(24)13-15)28-20(14-27-9-5-8-26(2)10-11-27)25-19-7-4-3-6-16(19)22(28)29;1-25-10-5-11-26(13-12-25)15-21-24-19-7-4-3-6-17(19)22(28)27(21)20-9-8-16(29-2)14-18(20)23;1-13-10-15(21)19(16(22)11-13)26-18(12-25-8-6-23-7-9-25)24-17-5-3-2-4-14(17)20(26)27;1-27-14-6-7-18(16(21)12-14)25-19(13-24-10-8-22-9-11-24)23-17-5-3-2-4-15(17)20(25)26/h6-9,14-15H,4-5,10-13,16,25H2,1-3H3;3-4,6-7,12-13H,5,8-11,14H2,1-2H3;3-4,6-9,14H,5,10-13,15H2,1-2H3;2-5,10-11,23H,6-9,12H2,1H3;2-7,12,22H,8-11,13H2,1H3. The molecule has 10 aromatic carbocycles. The third-order valence-electron chi connectivity index (χ3n) is 26.2. The Bertz CT molecular complexity index is 7400. The Kier molecular flexibility index (Phi) is 34.7. The molecule has 0 unspecified atom stereocenters. The van der Waals surface area contributed by atoms with E-state index >= 15 is 0 Å². The summed E-state index contributed by atoms with van der Waals surface area (Å²) >= 11 is 25.8. The monoisotopic (exact) mass is 2020 g/mol. The SMILES string of the molecule is CCOc1cc(C)ccc1-n1c(CN2CCCN(C)CC2)nc2cc(N)ccc2c1=O.COc1ccc(-n2c(CN3CCCN(C)CC3)nc3ccccc3c2=O)c(Cl)c1.COc1ccc(-n2c(CN3CCNCC3)nc3ccccc3c2=O)c(Cl)c1.Cc1cc(F)c(-n2c(CN3CCCN(C)CC3)nc3ccccc3c2=O)c(Cl)c1.Cc1cc(F)c(-n2c(CN3CCNCC3)nc3ccccc3c2=O)c(Cl)c1. The molecule has 5 aliphatic rings. The number of aryl methyl sites for hydroxylation is 3. The summed E-state index contributed by atoms with van der Waals surface area (Å²) in [6.07, 6.45) is 3.22. The smallest absolute Gasteiger partial charge is 0.266 e. The highest BCUT2D eigenvalue weighted by molar-refractivity contribution is 6.33. The van der Waals surface area contributed by atoms with Crippen LogP contribution in [0.3, 0.4) is 0 Å². The van der Waals surface area contributed by atoms with Gasteiger partial charge in [0.2, 0.25) is 0 Å². The summed E-state index contributed by atoms with van der Waals surface area (Å²) in [4.78, 5) is 109. The zero-order valence-corrected chi connectivity index (χ0v) is 85.2. The average Bonchev–Trinajstić information content (AvgIpc) is 1.81. The zero-order valence-electron chi connectivity index (χ0n) is 82.1. The van der Waals surface area contributed by atoms with E-state index in [1.165, 1.54) is 21.3 Å². The summed E-state index contributed by atoms with van der Waals surface area (Å²) in [6.45, 7) is 29.6. The Morgan fingerprint density at radius 3 is 1.01 bits per heavy atom. The predicted octanol–water partition coefficient (Wildman–Crippen LogP) is 15.0. The highest BCUT2D eigenvalue weighted by Gasteiger charge is 2.29. The summed E-state index contributed by atoms with van der Waals surface area (Å²) in [5, 5.41) is 10.6. The van der Waals surface area contributed by atoms with Gasteiger partial charge in [-0.2, -0.15) is 0 Å². The van der Waals surface area contributed by atoms with E-state index in [1.54, 1.807) is 133 Å². The predicted molar refractivity (Wildman–Crippen MR) is 568 cm³/mol. The van der Waals surface area contributed by atoms with Gasteiger partial charge in [0.25, 0.3) is 27.8 Å². The molecule has 15 aromatic rings. The molecule has 748 valence electrons. The van der Waals surface area contributed by atoms with Crippen molar-refractivity contribution in [2.45, 2.75) is 79.7 Å². The molecule has 0 radical (unpaired) electrons. The van der Waals surface area contributed by atoms with Crippen LogP contribution < -0.4 is 58.4 Å². The molecule has 0 bridgehead atoms. The minimum absolute atomic E-state index is 0.0654. The van der Waals surface area contributed by atoms with Gasteiger partial charge in [0.05, 0.1) is 145 Å². The third kappa shape index (κ3) is 24.9. The molecule has 4 N–H and O–H groups in total. The summed E-state index contributed by atoms with van der Waals surface area (Å²) in [6, 6.07) is 57.2. The Morgan fingerprint density at radius 2 is 0.657 bits per heavy atom. The molecule has 10 heterocycles. The van der Waals surface area contributed by atoms with Gasteiger partial charge in [-0.3, -0.25) is 71.3 Å². The Labute approximate surface area is 849 Å². The van der Waals surface area contributed by atoms with Crippen LogP contribution in [-0.4, -0.2) is 260 Å². The van der Waals surface area contributed by atoms with Crippen LogP contribution >= 0.6 is 46.4 Å².